The standard InChI is InChI=1S/C24H30N6O/c1-29(2)20-5-3-4-19(20)27-24(31)18-10-8-17(9-11-18)21-15-26-23-13-12-22(28-30(21)23)25-14-16-6-7-16/h8-13,15-16,19-20H,3-7,14H2,1-2H3,(H,25,28)(H,27,31)/t19-,20-/m1/s1. The van der Waals surface area contributed by atoms with E-state index in [-0.39, 0.29) is 11.9 Å². The van der Waals surface area contributed by atoms with Crippen LogP contribution in [0.4, 0.5) is 5.82 Å². The van der Waals surface area contributed by atoms with Gasteiger partial charge in [0.25, 0.3) is 5.91 Å². The molecule has 0 radical (unpaired) electrons. The summed E-state index contributed by atoms with van der Waals surface area (Å²) in [5.41, 5.74) is 3.40. The lowest BCUT2D eigenvalue weighted by Gasteiger charge is -2.26. The Morgan fingerprint density at radius 3 is 2.65 bits per heavy atom. The molecular weight excluding hydrogens is 388 g/mol. The van der Waals surface area contributed by atoms with Gasteiger partial charge in [-0.2, -0.15) is 0 Å². The zero-order valence-corrected chi connectivity index (χ0v) is 18.2. The molecule has 0 spiro atoms. The normalized spacial score (nSPS) is 21.0. The summed E-state index contributed by atoms with van der Waals surface area (Å²) in [5, 5.41) is 11.4. The Bertz CT molecular complexity index is 1070. The molecule has 1 aromatic carbocycles. The highest BCUT2D eigenvalue weighted by molar-refractivity contribution is 5.95. The number of hydrogen-bond acceptors (Lipinski definition) is 5. The van der Waals surface area contributed by atoms with Crippen molar-refractivity contribution in [3.63, 3.8) is 0 Å². The molecule has 31 heavy (non-hydrogen) atoms. The van der Waals surface area contributed by atoms with Crippen molar-refractivity contribution in [1.82, 2.24) is 24.8 Å². The van der Waals surface area contributed by atoms with Crippen LogP contribution < -0.4 is 10.6 Å². The summed E-state index contributed by atoms with van der Waals surface area (Å²) in [6.45, 7) is 0.974. The monoisotopic (exact) mass is 418 g/mol. The first-order valence-corrected chi connectivity index (χ1v) is 11.2. The molecule has 2 heterocycles. The van der Waals surface area contributed by atoms with Crippen LogP contribution in [0.2, 0.25) is 0 Å². The van der Waals surface area contributed by atoms with E-state index >= 15 is 0 Å². The Kier molecular flexibility index (Phi) is 5.36. The van der Waals surface area contributed by atoms with Gasteiger partial charge in [0.05, 0.1) is 11.9 Å². The van der Waals surface area contributed by atoms with Gasteiger partial charge in [0.15, 0.2) is 5.65 Å². The lowest BCUT2D eigenvalue weighted by Crippen LogP contribution is -2.46. The Balaban J connectivity index is 1.31. The van der Waals surface area contributed by atoms with Crippen molar-refractivity contribution in [2.75, 3.05) is 26.0 Å². The van der Waals surface area contributed by atoms with E-state index in [1.165, 1.54) is 12.8 Å². The topological polar surface area (TPSA) is 74.6 Å². The van der Waals surface area contributed by atoms with Gasteiger partial charge in [0.1, 0.15) is 5.82 Å². The maximum absolute atomic E-state index is 12.8. The third-order valence-electron chi connectivity index (χ3n) is 6.53. The number of nitrogens with zero attached hydrogens (tertiary/aromatic N) is 4. The highest BCUT2D eigenvalue weighted by Gasteiger charge is 2.30. The number of amides is 1. The lowest BCUT2D eigenvalue weighted by molar-refractivity contribution is 0.0919. The number of carbonyl (C=O) groups excluding carboxylic acids is 1. The first kappa shape index (κ1) is 20.0. The molecule has 7 heteroatoms. The summed E-state index contributed by atoms with van der Waals surface area (Å²) < 4.78 is 1.87. The molecule has 2 aliphatic rings. The maximum atomic E-state index is 12.8. The van der Waals surface area contributed by atoms with Gasteiger partial charge in [-0.05, 0) is 76.4 Å². The van der Waals surface area contributed by atoms with Gasteiger partial charge in [0, 0.05) is 29.8 Å². The predicted molar refractivity (Wildman–Crippen MR) is 122 cm³/mol. The fourth-order valence-electron chi connectivity index (χ4n) is 4.51. The summed E-state index contributed by atoms with van der Waals surface area (Å²) in [5.74, 6) is 1.64. The van der Waals surface area contributed by atoms with E-state index in [0.29, 0.717) is 11.6 Å². The van der Waals surface area contributed by atoms with Crippen molar-refractivity contribution in [3.05, 3.63) is 48.2 Å². The number of imidazole rings is 1. The zero-order valence-electron chi connectivity index (χ0n) is 18.2. The van der Waals surface area contributed by atoms with Crippen LogP contribution in [0, 0.1) is 5.92 Å². The smallest absolute Gasteiger partial charge is 0.251 e. The number of nitrogens with one attached hydrogen (secondary N) is 2. The highest BCUT2D eigenvalue weighted by Crippen LogP contribution is 2.29. The summed E-state index contributed by atoms with van der Waals surface area (Å²) in [6, 6.07) is 12.3. The number of anilines is 1. The third-order valence-corrected chi connectivity index (χ3v) is 6.53. The third kappa shape index (κ3) is 4.28. The summed E-state index contributed by atoms with van der Waals surface area (Å²) >= 11 is 0. The fourth-order valence-corrected chi connectivity index (χ4v) is 4.51. The molecule has 2 atom stereocenters. The second kappa shape index (κ2) is 8.30. The van der Waals surface area contributed by atoms with Crippen LogP contribution in [0.5, 0.6) is 0 Å². The molecular formula is C24H30N6O. The Labute approximate surface area is 182 Å². The average molecular weight is 419 g/mol. The molecule has 2 fully saturated rings. The second-order valence-electron chi connectivity index (χ2n) is 9.08. The van der Waals surface area contributed by atoms with Gasteiger partial charge in [-0.3, -0.25) is 4.79 Å². The number of fused-ring (bicyclic) bond motifs is 1. The van der Waals surface area contributed by atoms with Crippen LogP contribution >= 0.6 is 0 Å². The van der Waals surface area contributed by atoms with Crippen molar-refractivity contribution in [2.45, 2.75) is 44.2 Å². The molecule has 2 aromatic heterocycles. The quantitative estimate of drug-likeness (QED) is 0.615. The largest absolute Gasteiger partial charge is 0.368 e. The minimum atomic E-state index is -0.00636. The predicted octanol–water partition coefficient (Wildman–Crippen LogP) is 3.43. The van der Waals surface area contributed by atoms with Crippen molar-refractivity contribution >= 4 is 17.4 Å². The maximum Gasteiger partial charge on any atom is 0.251 e. The van der Waals surface area contributed by atoms with Gasteiger partial charge in [-0.25, -0.2) is 9.50 Å². The van der Waals surface area contributed by atoms with Crippen molar-refractivity contribution in [2.24, 2.45) is 5.92 Å². The van der Waals surface area contributed by atoms with E-state index in [2.05, 4.69) is 34.6 Å². The number of carbonyl (C=O) groups is 1. The highest BCUT2D eigenvalue weighted by atomic mass is 16.1. The molecule has 7 nitrogen and oxygen atoms in total. The number of likely N-dealkylation sites (N-methyl/N-ethyl adjacent to an activating group) is 1. The van der Waals surface area contributed by atoms with E-state index in [1.807, 2.05) is 47.1 Å². The van der Waals surface area contributed by atoms with Crippen LogP contribution in [0.3, 0.4) is 0 Å². The molecule has 2 aliphatic carbocycles. The van der Waals surface area contributed by atoms with Gasteiger partial charge >= 0.3 is 0 Å². The van der Waals surface area contributed by atoms with Crippen LogP contribution in [-0.2, 0) is 0 Å². The molecule has 0 aliphatic heterocycles. The van der Waals surface area contributed by atoms with Gasteiger partial charge in [-0.15, -0.1) is 5.10 Å². The van der Waals surface area contributed by atoms with E-state index in [0.717, 1.165) is 54.4 Å². The van der Waals surface area contributed by atoms with Crippen LogP contribution in [-0.4, -0.2) is 58.1 Å². The van der Waals surface area contributed by atoms with Crippen LogP contribution in [0.1, 0.15) is 42.5 Å². The molecule has 2 saturated carbocycles. The number of benzene rings is 1. The minimum Gasteiger partial charge on any atom is -0.368 e. The van der Waals surface area contributed by atoms with Gasteiger partial charge in [-0.1, -0.05) is 12.1 Å². The Hall–Kier alpha value is -2.93. The van der Waals surface area contributed by atoms with E-state index < -0.39 is 0 Å². The van der Waals surface area contributed by atoms with Gasteiger partial charge in [0.2, 0.25) is 0 Å². The SMILES string of the molecule is CN(C)[C@@H]1CCC[C@H]1NC(=O)c1ccc(-c2cnc3ccc(NCC4CC4)nn23)cc1. The fraction of sp³-hybridized carbons (Fsp3) is 0.458. The molecule has 0 bridgehead atoms. The van der Waals surface area contributed by atoms with Crippen LogP contribution in [0.25, 0.3) is 16.9 Å². The van der Waals surface area contributed by atoms with E-state index in [4.69, 9.17) is 5.10 Å². The lowest BCUT2D eigenvalue weighted by atomic mass is 10.1. The molecule has 162 valence electrons. The number of rotatable bonds is 7. The second-order valence-corrected chi connectivity index (χ2v) is 9.08. The van der Waals surface area contributed by atoms with E-state index in [1.54, 1.807) is 0 Å². The summed E-state index contributed by atoms with van der Waals surface area (Å²) in [7, 11) is 4.17. The van der Waals surface area contributed by atoms with Crippen molar-refractivity contribution in [3.8, 4) is 11.3 Å². The summed E-state index contributed by atoms with van der Waals surface area (Å²) in [6.07, 6.45) is 7.78. The average Bonchev–Trinajstić information content (AvgIpc) is 3.33. The molecule has 1 amide bonds. The minimum absolute atomic E-state index is 0.00636. The number of aromatic nitrogens is 3. The molecule has 5 rings (SSSR count). The van der Waals surface area contributed by atoms with Crippen LogP contribution in [0.15, 0.2) is 42.6 Å². The first-order chi connectivity index (χ1) is 15.1. The Morgan fingerprint density at radius 2 is 1.90 bits per heavy atom. The molecule has 0 saturated heterocycles. The first-order valence-electron chi connectivity index (χ1n) is 11.2. The Morgan fingerprint density at radius 1 is 1.10 bits per heavy atom. The molecule has 0 unspecified atom stereocenters. The molecule has 3 aromatic rings. The van der Waals surface area contributed by atoms with Crippen molar-refractivity contribution < 1.29 is 4.79 Å². The zero-order chi connectivity index (χ0) is 21.4. The van der Waals surface area contributed by atoms with E-state index in [9.17, 15) is 4.79 Å². The van der Waals surface area contributed by atoms with Crippen molar-refractivity contribution in [1.29, 1.82) is 0 Å². The van der Waals surface area contributed by atoms with Gasteiger partial charge < -0.3 is 15.5 Å². The molecule has 2 N–H and O–H groups in total. The summed E-state index contributed by atoms with van der Waals surface area (Å²) in [4.78, 5) is 19.5. The number of hydrogen-bond donors (Lipinski definition) is 2.